The van der Waals surface area contributed by atoms with E-state index >= 15 is 0 Å². The third-order valence-corrected chi connectivity index (χ3v) is 2.70. The zero-order valence-electron chi connectivity index (χ0n) is 11.3. The van der Waals surface area contributed by atoms with Crippen LogP contribution >= 0.6 is 0 Å². The van der Waals surface area contributed by atoms with Crippen molar-refractivity contribution in [2.45, 2.75) is 13.5 Å². The highest BCUT2D eigenvalue weighted by atomic mass is 16.5. The van der Waals surface area contributed by atoms with Gasteiger partial charge in [-0.3, -0.25) is 0 Å². The van der Waals surface area contributed by atoms with Crippen LogP contribution in [0.4, 0.5) is 0 Å². The molecule has 1 heterocycles. The van der Waals surface area contributed by atoms with E-state index in [1.54, 1.807) is 18.2 Å². The highest BCUT2D eigenvalue weighted by molar-refractivity contribution is 5.86. The van der Waals surface area contributed by atoms with Gasteiger partial charge in [0.25, 0.3) is 0 Å². The number of carbonyl (C=O) groups is 1. The molecule has 21 heavy (non-hydrogen) atoms. The molecule has 108 valence electrons. The molecule has 2 rings (SSSR count). The summed E-state index contributed by atoms with van der Waals surface area (Å²) in [5.41, 5.74) is 0.884. The van der Waals surface area contributed by atoms with Gasteiger partial charge in [0.05, 0.1) is 24.5 Å². The molecule has 0 unspecified atom stereocenters. The number of aromatic carboxylic acids is 1. The van der Waals surface area contributed by atoms with Crippen LogP contribution in [-0.4, -0.2) is 17.7 Å². The molecule has 0 aliphatic rings. The molecular weight excluding hydrogens is 274 g/mol. The number of hydrogen-bond acceptors (Lipinski definition) is 5. The van der Waals surface area contributed by atoms with Crippen LogP contribution in [0.25, 0.3) is 0 Å². The number of furan rings is 1. The normalized spacial score (nSPS) is 9.90. The van der Waals surface area contributed by atoms with E-state index in [9.17, 15) is 4.79 Å². The lowest BCUT2D eigenvalue weighted by atomic mass is 10.2. The minimum absolute atomic E-state index is 0.0319. The molecule has 0 amide bonds. The molecule has 0 spiro atoms. The summed E-state index contributed by atoms with van der Waals surface area (Å²) in [4.78, 5) is 10.9. The van der Waals surface area contributed by atoms with Crippen molar-refractivity contribution in [3.05, 3.63) is 47.4 Å². The van der Waals surface area contributed by atoms with Crippen molar-refractivity contribution in [2.24, 2.45) is 0 Å². The van der Waals surface area contributed by atoms with Gasteiger partial charge >= 0.3 is 5.97 Å². The topological polar surface area (TPSA) is 92.7 Å². The monoisotopic (exact) mass is 287 g/mol. The Kier molecular flexibility index (Phi) is 4.46. The Morgan fingerprint density at radius 3 is 2.81 bits per heavy atom. The lowest BCUT2D eigenvalue weighted by molar-refractivity contribution is 0.0658. The Bertz CT molecular complexity index is 684. The molecule has 0 aliphatic heterocycles. The number of benzene rings is 1. The van der Waals surface area contributed by atoms with Crippen LogP contribution < -0.4 is 9.47 Å². The van der Waals surface area contributed by atoms with Gasteiger partial charge in [-0.05, 0) is 25.1 Å². The molecule has 0 fully saturated rings. The van der Waals surface area contributed by atoms with Gasteiger partial charge in [0, 0.05) is 11.6 Å². The summed E-state index contributed by atoms with van der Waals surface area (Å²) in [6.45, 7) is 2.28. The molecule has 1 N–H and O–H groups in total. The van der Waals surface area contributed by atoms with Crippen LogP contribution in [0.15, 0.2) is 34.9 Å². The van der Waals surface area contributed by atoms with Gasteiger partial charge in [0.2, 0.25) is 5.76 Å². The molecule has 1 aromatic heterocycles. The van der Waals surface area contributed by atoms with Crippen LogP contribution in [0, 0.1) is 11.3 Å². The van der Waals surface area contributed by atoms with E-state index in [0.717, 1.165) is 0 Å². The van der Waals surface area contributed by atoms with Crippen molar-refractivity contribution >= 4 is 5.97 Å². The fourth-order valence-electron chi connectivity index (χ4n) is 1.76. The standard InChI is InChI=1S/C15H13NO5/c1-2-19-13-7-10(8-16)3-4-12(13)21-9-11-5-6-20-14(11)15(17)18/h3-7H,2,9H2,1H3,(H,17,18). The molecule has 6 nitrogen and oxygen atoms in total. The number of carboxylic acids is 1. The predicted octanol–water partition coefficient (Wildman–Crippen LogP) is 2.83. The summed E-state index contributed by atoms with van der Waals surface area (Å²) >= 11 is 0. The number of nitrogens with zero attached hydrogens (tertiary/aromatic N) is 1. The van der Waals surface area contributed by atoms with Crippen molar-refractivity contribution in [3.63, 3.8) is 0 Å². The van der Waals surface area contributed by atoms with E-state index < -0.39 is 5.97 Å². The summed E-state index contributed by atoms with van der Waals surface area (Å²) < 4.78 is 15.9. The Morgan fingerprint density at radius 1 is 1.33 bits per heavy atom. The SMILES string of the molecule is CCOc1cc(C#N)ccc1OCc1ccoc1C(=O)O. The van der Waals surface area contributed by atoms with Crippen LogP contribution in [0.2, 0.25) is 0 Å². The maximum absolute atomic E-state index is 10.9. The van der Waals surface area contributed by atoms with Gasteiger partial charge in [-0.2, -0.15) is 5.26 Å². The third kappa shape index (κ3) is 3.34. The highest BCUT2D eigenvalue weighted by Crippen LogP contribution is 2.29. The maximum Gasteiger partial charge on any atom is 0.372 e. The molecule has 0 bridgehead atoms. The summed E-state index contributed by atoms with van der Waals surface area (Å²) in [7, 11) is 0. The van der Waals surface area contributed by atoms with Crippen LogP contribution in [-0.2, 0) is 6.61 Å². The second-order valence-corrected chi connectivity index (χ2v) is 4.08. The van der Waals surface area contributed by atoms with Gasteiger partial charge < -0.3 is 19.0 Å². The molecule has 1 aromatic carbocycles. The lowest BCUT2D eigenvalue weighted by Gasteiger charge is -2.11. The zero-order chi connectivity index (χ0) is 15.2. The van der Waals surface area contributed by atoms with Crippen molar-refractivity contribution < 1.29 is 23.8 Å². The van der Waals surface area contributed by atoms with Crippen LogP contribution in [0.1, 0.15) is 28.6 Å². The molecule has 0 aliphatic carbocycles. The average molecular weight is 287 g/mol. The fraction of sp³-hybridized carbons (Fsp3) is 0.200. The first kappa shape index (κ1) is 14.5. The largest absolute Gasteiger partial charge is 0.490 e. The van der Waals surface area contributed by atoms with Crippen molar-refractivity contribution in [3.8, 4) is 17.6 Å². The minimum Gasteiger partial charge on any atom is -0.490 e. The Hall–Kier alpha value is -2.94. The van der Waals surface area contributed by atoms with Gasteiger partial charge in [-0.15, -0.1) is 0 Å². The molecule has 0 saturated heterocycles. The Labute approximate surface area is 121 Å². The van der Waals surface area contributed by atoms with Crippen molar-refractivity contribution in [1.82, 2.24) is 0 Å². The van der Waals surface area contributed by atoms with E-state index in [4.69, 9.17) is 24.3 Å². The second kappa shape index (κ2) is 6.48. The lowest BCUT2D eigenvalue weighted by Crippen LogP contribution is -2.04. The molecule has 0 radical (unpaired) electrons. The summed E-state index contributed by atoms with van der Waals surface area (Å²) in [5.74, 6) is -0.421. The molecule has 0 atom stereocenters. The van der Waals surface area contributed by atoms with E-state index in [0.29, 0.717) is 29.2 Å². The first-order valence-corrected chi connectivity index (χ1v) is 6.25. The van der Waals surface area contributed by atoms with Gasteiger partial charge in [0.1, 0.15) is 6.61 Å². The van der Waals surface area contributed by atoms with Gasteiger partial charge in [-0.1, -0.05) is 0 Å². The fourth-order valence-corrected chi connectivity index (χ4v) is 1.76. The summed E-state index contributed by atoms with van der Waals surface area (Å²) in [5, 5.41) is 17.8. The molecule has 2 aromatic rings. The predicted molar refractivity (Wildman–Crippen MR) is 72.3 cm³/mol. The van der Waals surface area contributed by atoms with E-state index in [1.165, 1.54) is 12.3 Å². The van der Waals surface area contributed by atoms with Crippen molar-refractivity contribution in [2.75, 3.05) is 6.61 Å². The van der Waals surface area contributed by atoms with Crippen LogP contribution in [0.3, 0.4) is 0 Å². The quantitative estimate of drug-likeness (QED) is 0.878. The number of nitriles is 1. The maximum atomic E-state index is 10.9. The number of rotatable bonds is 6. The Balaban J connectivity index is 2.18. The number of hydrogen-bond donors (Lipinski definition) is 1. The highest BCUT2D eigenvalue weighted by Gasteiger charge is 2.15. The Morgan fingerprint density at radius 2 is 2.14 bits per heavy atom. The smallest absolute Gasteiger partial charge is 0.372 e. The number of ether oxygens (including phenoxy) is 2. The molecule has 0 saturated carbocycles. The molecular formula is C15H13NO5. The molecule has 6 heteroatoms. The van der Waals surface area contributed by atoms with Gasteiger partial charge in [-0.25, -0.2) is 4.79 Å². The average Bonchev–Trinajstić information content (AvgIpc) is 2.95. The van der Waals surface area contributed by atoms with E-state index in [2.05, 4.69) is 0 Å². The summed E-state index contributed by atoms with van der Waals surface area (Å²) in [6.07, 6.45) is 1.30. The van der Waals surface area contributed by atoms with Crippen molar-refractivity contribution in [1.29, 1.82) is 5.26 Å². The second-order valence-electron chi connectivity index (χ2n) is 4.08. The van der Waals surface area contributed by atoms with E-state index in [-0.39, 0.29) is 12.4 Å². The minimum atomic E-state index is -1.15. The first-order valence-electron chi connectivity index (χ1n) is 6.25. The summed E-state index contributed by atoms with van der Waals surface area (Å²) in [6, 6.07) is 8.35. The van der Waals surface area contributed by atoms with Crippen LogP contribution in [0.5, 0.6) is 11.5 Å². The van der Waals surface area contributed by atoms with E-state index in [1.807, 2.05) is 13.0 Å². The third-order valence-electron chi connectivity index (χ3n) is 2.70. The number of carboxylic acid groups (broad SMARTS) is 1. The van der Waals surface area contributed by atoms with Gasteiger partial charge in [0.15, 0.2) is 11.5 Å². The first-order chi connectivity index (χ1) is 10.2. The zero-order valence-corrected chi connectivity index (χ0v) is 11.3.